The van der Waals surface area contributed by atoms with Gasteiger partial charge >= 0.3 is 0 Å². The van der Waals surface area contributed by atoms with E-state index < -0.39 is 0 Å². The summed E-state index contributed by atoms with van der Waals surface area (Å²) in [5.41, 5.74) is 7.48. The van der Waals surface area contributed by atoms with Crippen molar-refractivity contribution in [2.45, 2.75) is 25.3 Å². The highest BCUT2D eigenvalue weighted by Crippen LogP contribution is 2.08. The van der Waals surface area contributed by atoms with Crippen LogP contribution in [-0.2, 0) is 16.0 Å². The fraction of sp³-hybridized carbons (Fsp3) is 0.385. The third-order valence-electron chi connectivity index (χ3n) is 2.98. The Morgan fingerprint density at radius 2 is 2.33 bits per heavy atom. The minimum atomic E-state index is -0.363. The van der Waals surface area contributed by atoms with E-state index in [9.17, 15) is 9.59 Å². The number of carbonyl (C=O) groups is 2. The molecule has 5 heteroatoms. The van der Waals surface area contributed by atoms with Gasteiger partial charge in [0.1, 0.15) is 6.04 Å². The van der Waals surface area contributed by atoms with Crippen molar-refractivity contribution in [3.8, 4) is 0 Å². The molecule has 4 N–H and O–H groups in total. The van der Waals surface area contributed by atoms with Crippen LogP contribution in [0, 0.1) is 0 Å². The van der Waals surface area contributed by atoms with E-state index in [0.717, 1.165) is 17.7 Å². The second-order valence-electron chi connectivity index (χ2n) is 4.44. The van der Waals surface area contributed by atoms with Gasteiger partial charge in [-0.3, -0.25) is 9.59 Å². The van der Waals surface area contributed by atoms with Crippen molar-refractivity contribution in [1.29, 1.82) is 0 Å². The molecule has 0 aromatic heterocycles. The van der Waals surface area contributed by atoms with Crippen LogP contribution in [0.3, 0.4) is 0 Å². The molecule has 1 saturated heterocycles. The van der Waals surface area contributed by atoms with Crippen molar-refractivity contribution in [2.75, 3.05) is 12.3 Å². The van der Waals surface area contributed by atoms with Gasteiger partial charge in [-0.2, -0.15) is 0 Å². The van der Waals surface area contributed by atoms with Gasteiger partial charge in [0, 0.05) is 18.7 Å². The lowest BCUT2D eigenvalue weighted by atomic mass is 10.1. The van der Waals surface area contributed by atoms with Crippen molar-refractivity contribution in [3.63, 3.8) is 0 Å². The molecule has 1 aliphatic heterocycles. The molecule has 1 atom stereocenters. The Morgan fingerprint density at radius 1 is 1.50 bits per heavy atom. The lowest BCUT2D eigenvalue weighted by molar-refractivity contribution is -0.125. The van der Waals surface area contributed by atoms with Gasteiger partial charge in [-0.05, 0) is 30.5 Å². The average Bonchev–Trinajstić information content (AvgIpc) is 2.76. The number of nitrogen functional groups attached to an aromatic ring is 1. The molecule has 1 unspecified atom stereocenters. The van der Waals surface area contributed by atoms with Gasteiger partial charge in [-0.15, -0.1) is 0 Å². The molecular weight excluding hydrogens is 230 g/mol. The Balaban J connectivity index is 1.75. The summed E-state index contributed by atoms with van der Waals surface area (Å²) >= 11 is 0. The molecule has 0 aliphatic carbocycles. The van der Waals surface area contributed by atoms with Crippen LogP contribution in [0.1, 0.15) is 18.4 Å². The Bertz CT molecular complexity index is 459. The topological polar surface area (TPSA) is 84.2 Å². The van der Waals surface area contributed by atoms with Crippen LogP contribution in [0.2, 0.25) is 0 Å². The van der Waals surface area contributed by atoms with Crippen molar-refractivity contribution in [3.05, 3.63) is 29.8 Å². The molecule has 0 radical (unpaired) electrons. The molecule has 2 amide bonds. The van der Waals surface area contributed by atoms with E-state index in [4.69, 9.17) is 5.73 Å². The molecule has 1 aromatic rings. The van der Waals surface area contributed by atoms with E-state index in [-0.39, 0.29) is 17.9 Å². The first-order valence-electron chi connectivity index (χ1n) is 6.06. The number of anilines is 1. The van der Waals surface area contributed by atoms with Gasteiger partial charge in [-0.1, -0.05) is 12.1 Å². The SMILES string of the molecule is Nc1cccc(CCNC(=O)C2CCC(=O)N2)c1. The van der Waals surface area contributed by atoms with E-state index in [1.165, 1.54) is 0 Å². The highest BCUT2D eigenvalue weighted by molar-refractivity contribution is 5.90. The van der Waals surface area contributed by atoms with Crippen LogP contribution in [0.4, 0.5) is 5.69 Å². The monoisotopic (exact) mass is 247 g/mol. The predicted octanol–water partition coefficient (Wildman–Crippen LogP) is 0.206. The zero-order chi connectivity index (χ0) is 13.0. The maximum atomic E-state index is 11.7. The van der Waals surface area contributed by atoms with Gasteiger partial charge in [0.05, 0.1) is 0 Å². The average molecular weight is 247 g/mol. The summed E-state index contributed by atoms with van der Waals surface area (Å²) in [6.07, 6.45) is 1.76. The standard InChI is InChI=1S/C13H17N3O2/c14-10-3-1-2-9(8-10)6-7-15-13(18)11-4-5-12(17)16-11/h1-3,8,11H,4-7,14H2,(H,15,18)(H,16,17). The number of hydrogen-bond donors (Lipinski definition) is 3. The molecule has 0 bridgehead atoms. The number of rotatable bonds is 4. The zero-order valence-corrected chi connectivity index (χ0v) is 10.1. The van der Waals surface area contributed by atoms with Crippen LogP contribution in [0.5, 0.6) is 0 Å². The predicted molar refractivity (Wildman–Crippen MR) is 68.7 cm³/mol. The molecule has 96 valence electrons. The number of benzene rings is 1. The van der Waals surface area contributed by atoms with E-state index >= 15 is 0 Å². The Labute approximate surface area is 106 Å². The molecule has 1 fully saturated rings. The minimum Gasteiger partial charge on any atom is -0.399 e. The molecule has 1 aliphatic rings. The summed E-state index contributed by atoms with van der Waals surface area (Å²) in [6.45, 7) is 0.550. The molecule has 0 saturated carbocycles. The van der Waals surface area contributed by atoms with Crippen LogP contribution < -0.4 is 16.4 Å². The molecule has 1 heterocycles. The van der Waals surface area contributed by atoms with Crippen LogP contribution in [0.25, 0.3) is 0 Å². The number of nitrogens with one attached hydrogen (secondary N) is 2. The molecule has 0 spiro atoms. The Kier molecular flexibility index (Phi) is 3.82. The summed E-state index contributed by atoms with van der Waals surface area (Å²) < 4.78 is 0. The van der Waals surface area contributed by atoms with Gasteiger partial charge in [0.25, 0.3) is 0 Å². The third-order valence-corrected chi connectivity index (χ3v) is 2.98. The van der Waals surface area contributed by atoms with E-state index in [2.05, 4.69) is 10.6 Å². The summed E-state index contributed by atoms with van der Waals surface area (Å²) in [6, 6.07) is 7.22. The molecule has 18 heavy (non-hydrogen) atoms. The normalized spacial score (nSPS) is 18.4. The second kappa shape index (κ2) is 5.53. The number of nitrogens with two attached hydrogens (primary N) is 1. The first-order valence-corrected chi connectivity index (χ1v) is 6.06. The number of carbonyl (C=O) groups excluding carboxylic acids is 2. The lowest BCUT2D eigenvalue weighted by Gasteiger charge is -2.10. The summed E-state index contributed by atoms with van der Waals surface area (Å²) in [7, 11) is 0. The van der Waals surface area contributed by atoms with Crippen molar-refractivity contribution >= 4 is 17.5 Å². The van der Waals surface area contributed by atoms with Gasteiger partial charge < -0.3 is 16.4 Å². The van der Waals surface area contributed by atoms with E-state index in [1.807, 2.05) is 24.3 Å². The van der Waals surface area contributed by atoms with Crippen LogP contribution >= 0.6 is 0 Å². The van der Waals surface area contributed by atoms with E-state index in [0.29, 0.717) is 19.4 Å². The maximum Gasteiger partial charge on any atom is 0.242 e. The summed E-state index contributed by atoms with van der Waals surface area (Å²) in [5.74, 6) is -0.157. The number of amides is 2. The lowest BCUT2D eigenvalue weighted by Crippen LogP contribution is -2.42. The first-order chi connectivity index (χ1) is 8.65. The third kappa shape index (κ3) is 3.23. The zero-order valence-electron chi connectivity index (χ0n) is 10.1. The van der Waals surface area contributed by atoms with Crippen LogP contribution in [0.15, 0.2) is 24.3 Å². The Hall–Kier alpha value is -2.04. The molecule has 1 aromatic carbocycles. The highest BCUT2D eigenvalue weighted by atomic mass is 16.2. The molecular formula is C13H17N3O2. The largest absolute Gasteiger partial charge is 0.399 e. The fourth-order valence-corrected chi connectivity index (χ4v) is 2.01. The van der Waals surface area contributed by atoms with Crippen molar-refractivity contribution in [1.82, 2.24) is 10.6 Å². The quantitative estimate of drug-likeness (QED) is 0.665. The fourth-order valence-electron chi connectivity index (χ4n) is 2.01. The summed E-state index contributed by atoms with van der Waals surface area (Å²) in [5, 5.41) is 5.46. The van der Waals surface area contributed by atoms with Crippen molar-refractivity contribution < 1.29 is 9.59 Å². The van der Waals surface area contributed by atoms with Crippen molar-refractivity contribution in [2.24, 2.45) is 0 Å². The first kappa shape index (κ1) is 12.4. The second-order valence-corrected chi connectivity index (χ2v) is 4.44. The molecule has 5 nitrogen and oxygen atoms in total. The maximum absolute atomic E-state index is 11.7. The van der Waals surface area contributed by atoms with Gasteiger partial charge in [-0.25, -0.2) is 0 Å². The highest BCUT2D eigenvalue weighted by Gasteiger charge is 2.26. The number of hydrogen-bond acceptors (Lipinski definition) is 3. The van der Waals surface area contributed by atoms with Gasteiger partial charge in [0.2, 0.25) is 11.8 Å². The summed E-state index contributed by atoms with van der Waals surface area (Å²) in [4.78, 5) is 22.7. The Morgan fingerprint density at radius 3 is 3.00 bits per heavy atom. The molecule has 2 rings (SSSR count). The van der Waals surface area contributed by atoms with Crippen LogP contribution in [-0.4, -0.2) is 24.4 Å². The smallest absolute Gasteiger partial charge is 0.242 e. The van der Waals surface area contributed by atoms with E-state index in [1.54, 1.807) is 0 Å². The minimum absolute atomic E-state index is 0.0500. The van der Waals surface area contributed by atoms with Gasteiger partial charge in [0.15, 0.2) is 0 Å².